The Bertz CT molecular complexity index is 851. The molecule has 4 nitrogen and oxygen atoms in total. The summed E-state index contributed by atoms with van der Waals surface area (Å²) < 4.78 is 14.9. The molecule has 0 atom stereocenters. The highest BCUT2D eigenvalue weighted by molar-refractivity contribution is 6.02. The lowest BCUT2D eigenvalue weighted by Gasteiger charge is -2.15. The molecule has 0 radical (unpaired) electrons. The lowest BCUT2D eigenvalue weighted by molar-refractivity contribution is 0.0695. The monoisotopic (exact) mass is 298 g/mol. The lowest BCUT2D eigenvalue weighted by atomic mass is 9.94. The van der Waals surface area contributed by atoms with Gasteiger partial charge in [0.05, 0.1) is 16.8 Å². The number of fused-ring (bicyclic) bond motifs is 1. The number of aromatic nitrogens is 2. The normalized spacial score (nSPS) is 11.3. The van der Waals surface area contributed by atoms with Gasteiger partial charge in [-0.15, -0.1) is 0 Å². The van der Waals surface area contributed by atoms with Crippen molar-refractivity contribution in [2.45, 2.75) is 19.8 Å². The Morgan fingerprint density at radius 3 is 2.50 bits per heavy atom. The standard InChI is InChI=1S/C17H15FN2O2/c1-10(2)16-15(17(21)22)14(11-5-7-12(18)8-6-11)13-4-3-9-20(13)19-16/h3-10H,1-2H3,(H,21,22). The van der Waals surface area contributed by atoms with Crippen molar-refractivity contribution in [1.82, 2.24) is 9.61 Å². The summed E-state index contributed by atoms with van der Waals surface area (Å²) in [6.45, 7) is 3.80. The number of carboxylic acid groups (broad SMARTS) is 1. The molecule has 0 aliphatic heterocycles. The molecule has 1 aromatic carbocycles. The van der Waals surface area contributed by atoms with Crippen LogP contribution in [0.5, 0.6) is 0 Å². The van der Waals surface area contributed by atoms with Gasteiger partial charge in [0, 0.05) is 11.8 Å². The minimum Gasteiger partial charge on any atom is -0.478 e. The van der Waals surface area contributed by atoms with E-state index in [0.717, 1.165) is 0 Å². The molecule has 0 aliphatic carbocycles. The largest absolute Gasteiger partial charge is 0.478 e. The van der Waals surface area contributed by atoms with Crippen molar-refractivity contribution < 1.29 is 14.3 Å². The Kier molecular flexibility index (Phi) is 3.41. The van der Waals surface area contributed by atoms with Crippen molar-refractivity contribution in [3.8, 4) is 11.1 Å². The molecule has 0 saturated carbocycles. The first-order valence-electron chi connectivity index (χ1n) is 6.99. The van der Waals surface area contributed by atoms with Gasteiger partial charge in [-0.05, 0) is 35.7 Å². The maximum atomic E-state index is 13.2. The van der Waals surface area contributed by atoms with Crippen LogP contribution in [-0.2, 0) is 0 Å². The zero-order valence-corrected chi connectivity index (χ0v) is 12.2. The molecule has 0 fully saturated rings. The van der Waals surface area contributed by atoms with Crippen LogP contribution >= 0.6 is 0 Å². The zero-order valence-electron chi connectivity index (χ0n) is 12.2. The van der Waals surface area contributed by atoms with Crippen LogP contribution in [0.2, 0.25) is 0 Å². The van der Waals surface area contributed by atoms with Crippen LogP contribution in [-0.4, -0.2) is 20.7 Å². The van der Waals surface area contributed by atoms with E-state index >= 15 is 0 Å². The van der Waals surface area contributed by atoms with Gasteiger partial charge in [0.25, 0.3) is 0 Å². The molecule has 3 aromatic rings. The summed E-state index contributed by atoms with van der Waals surface area (Å²) in [4.78, 5) is 11.8. The fourth-order valence-electron chi connectivity index (χ4n) is 2.61. The third-order valence-corrected chi connectivity index (χ3v) is 3.60. The molecule has 1 N–H and O–H groups in total. The van der Waals surface area contributed by atoms with Crippen LogP contribution in [0.25, 0.3) is 16.6 Å². The van der Waals surface area contributed by atoms with Gasteiger partial charge in [-0.2, -0.15) is 5.10 Å². The first-order chi connectivity index (χ1) is 10.5. The van der Waals surface area contributed by atoms with Crippen LogP contribution in [0, 0.1) is 5.82 Å². The molecule has 5 heteroatoms. The molecule has 0 saturated heterocycles. The van der Waals surface area contributed by atoms with Crippen LogP contribution < -0.4 is 0 Å². The maximum absolute atomic E-state index is 13.2. The summed E-state index contributed by atoms with van der Waals surface area (Å²) in [5.41, 5.74) is 2.60. The Balaban J connectivity index is 2.43. The molecule has 2 aromatic heterocycles. The van der Waals surface area contributed by atoms with Crippen molar-refractivity contribution in [2.24, 2.45) is 0 Å². The fraction of sp³-hybridized carbons (Fsp3) is 0.176. The maximum Gasteiger partial charge on any atom is 0.338 e. The van der Waals surface area contributed by atoms with E-state index in [4.69, 9.17) is 0 Å². The van der Waals surface area contributed by atoms with E-state index in [2.05, 4.69) is 5.10 Å². The number of halogens is 1. The first-order valence-corrected chi connectivity index (χ1v) is 6.99. The Morgan fingerprint density at radius 2 is 1.91 bits per heavy atom. The highest BCUT2D eigenvalue weighted by atomic mass is 19.1. The second kappa shape index (κ2) is 5.26. The van der Waals surface area contributed by atoms with Crippen molar-refractivity contribution >= 4 is 11.5 Å². The molecule has 22 heavy (non-hydrogen) atoms. The lowest BCUT2D eigenvalue weighted by Crippen LogP contribution is -2.12. The second-order valence-corrected chi connectivity index (χ2v) is 5.44. The number of rotatable bonds is 3. The van der Waals surface area contributed by atoms with Gasteiger partial charge >= 0.3 is 5.97 Å². The second-order valence-electron chi connectivity index (χ2n) is 5.44. The molecule has 3 rings (SSSR count). The number of nitrogens with zero attached hydrogens (tertiary/aromatic N) is 2. The summed E-state index contributed by atoms with van der Waals surface area (Å²) >= 11 is 0. The Labute approximate surface area is 126 Å². The number of carboxylic acids is 1. The van der Waals surface area contributed by atoms with Crippen LogP contribution in [0.15, 0.2) is 42.6 Å². The van der Waals surface area contributed by atoms with Crippen molar-refractivity contribution in [3.63, 3.8) is 0 Å². The quantitative estimate of drug-likeness (QED) is 0.796. The third-order valence-electron chi connectivity index (χ3n) is 3.60. The summed E-state index contributed by atoms with van der Waals surface area (Å²) in [6.07, 6.45) is 1.78. The molecule has 0 spiro atoms. The third kappa shape index (κ3) is 2.24. The number of carbonyl (C=O) groups is 1. The molecule has 112 valence electrons. The molecule has 0 amide bonds. The number of hydrogen-bond donors (Lipinski definition) is 1. The summed E-state index contributed by atoms with van der Waals surface area (Å²) in [7, 11) is 0. The summed E-state index contributed by atoms with van der Waals surface area (Å²) in [5.74, 6) is -1.43. The molecular weight excluding hydrogens is 283 g/mol. The molecule has 2 heterocycles. The number of aromatic carboxylic acids is 1. The van der Waals surface area contributed by atoms with Gasteiger partial charge in [-0.3, -0.25) is 0 Å². The molecule has 0 bridgehead atoms. The zero-order chi connectivity index (χ0) is 15.9. The van der Waals surface area contributed by atoms with Crippen LogP contribution in [0.3, 0.4) is 0 Å². The van der Waals surface area contributed by atoms with Gasteiger partial charge in [0.15, 0.2) is 0 Å². The Hall–Kier alpha value is -2.69. The van der Waals surface area contributed by atoms with Gasteiger partial charge < -0.3 is 5.11 Å². The van der Waals surface area contributed by atoms with E-state index in [1.54, 1.807) is 22.8 Å². The van der Waals surface area contributed by atoms with E-state index in [-0.39, 0.29) is 17.3 Å². The predicted octanol–water partition coefficient (Wildman–Crippen LogP) is 3.96. The summed E-state index contributed by atoms with van der Waals surface area (Å²) in [5, 5.41) is 14.1. The van der Waals surface area contributed by atoms with E-state index in [1.165, 1.54) is 12.1 Å². The number of hydrogen-bond acceptors (Lipinski definition) is 2. The van der Waals surface area contributed by atoms with E-state index in [0.29, 0.717) is 22.3 Å². The Morgan fingerprint density at radius 1 is 1.23 bits per heavy atom. The van der Waals surface area contributed by atoms with Crippen molar-refractivity contribution in [2.75, 3.05) is 0 Å². The summed E-state index contributed by atoms with van der Waals surface area (Å²) in [6, 6.07) is 9.46. The van der Waals surface area contributed by atoms with E-state index in [1.807, 2.05) is 26.0 Å². The van der Waals surface area contributed by atoms with Crippen molar-refractivity contribution in [1.29, 1.82) is 0 Å². The van der Waals surface area contributed by atoms with Gasteiger partial charge in [0.1, 0.15) is 5.82 Å². The number of benzene rings is 1. The van der Waals surface area contributed by atoms with Gasteiger partial charge in [-0.1, -0.05) is 26.0 Å². The minimum absolute atomic E-state index is 0.0444. The molecular formula is C17H15FN2O2. The van der Waals surface area contributed by atoms with Crippen molar-refractivity contribution in [3.05, 3.63) is 59.7 Å². The molecule has 0 unspecified atom stereocenters. The van der Waals surface area contributed by atoms with E-state index in [9.17, 15) is 14.3 Å². The first kappa shape index (κ1) is 14.3. The van der Waals surface area contributed by atoms with Crippen LogP contribution in [0.4, 0.5) is 4.39 Å². The average molecular weight is 298 g/mol. The van der Waals surface area contributed by atoms with Gasteiger partial charge in [-0.25, -0.2) is 13.7 Å². The van der Waals surface area contributed by atoms with Gasteiger partial charge in [0.2, 0.25) is 0 Å². The van der Waals surface area contributed by atoms with E-state index < -0.39 is 5.97 Å². The SMILES string of the molecule is CC(C)c1nn2cccc2c(-c2ccc(F)cc2)c1C(=O)O. The highest BCUT2D eigenvalue weighted by Gasteiger charge is 2.23. The fourth-order valence-corrected chi connectivity index (χ4v) is 2.61. The highest BCUT2D eigenvalue weighted by Crippen LogP contribution is 2.33. The minimum atomic E-state index is -1.03. The predicted molar refractivity (Wildman–Crippen MR) is 81.6 cm³/mol. The smallest absolute Gasteiger partial charge is 0.338 e. The van der Waals surface area contributed by atoms with Crippen LogP contribution in [0.1, 0.15) is 35.8 Å². The average Bonchev–Trinajstić information content (AvgIpc) is 2.94. The topological polar surface area (TPSA) is 54.6 Å². The molecule has 0 aliphatic rings.